The third-order valence-electron chi connectivity index (χ3n) is 2.95. The van der Waals surface area contributed by atoms with Crippen molar-refractivity contribution in [2.45, 2.75) is 12.1 Å². The topological polar surface area (TPSA) is 50.4 Å². The molecule has 1 amide bonds. The van der Waals surface area contributed by atoms with E-state index in [0.29, 0.717) is 22.2 Å². The summed E-state index contributed by atoms with van der Waals surface area (Å²) in [6.07, 6.45) is -0.0214. The monoisotopic (exact) mass is 288 g/mol. The average molecular weight is 289 g/mol. The van der Waals surface area contributed by atoms with Crippen LogP contribution in [0.2, 0.25) is 10.0 Å². The van der Waals surface area contributed by atoms with Crippen LogP contribution in [0.3, 0.4) is 0 Å². The summed E-state index contributed by atoms with van der Waals surface area (Å²) in [5, 5.41) is 6.92. The Labute approximate surface area is 116 Å². The van der Waals surface area contributed by atoms with Crippen molar-refractivity contribution in [3.05, 3.63) is 33.8 Å². The fraction of sp³-hybridized carbons (Fsp3) is 0.417. The third kappa shape index (κ3) is 2.95. The summed E-state index contributed by atoms with van der Waals surface area (Å²) in [5.41, 5.74) is 0.380. The molecule has 0 radical (unpaired) electrons. The number of carbonyl (C=O) groups is 1. The number of hydrogen-bond acceptors (Lipinski definition) is 3. The van der Waals surface area contributed by atoms with Gasteiger partial charge in [-0.25, -0.2) is 0 Å². The molecule has 4 nitrogen and oxygen atoms in total. The maximum Gasteiger partial charge on any atom is 0.253 e. The molecule has 0 saturated carbocycles. The molecule has 2 N–H and O–H groups in total. The van der Waals surface area contributed by atoms with Gasteiger partial charge in [0.1, 0.15) is 0 Å². The van der Waals surface area contributed by atoms with Crippen LogP contribution in [0, 0.1) is 0 Å². The summed E-state index contributed by atoms with van der Waals surface area (Å²) < 4.78 is 5.28. The molecule has 2 rings (SSSR count). The van der Waals surface area contributed by atoms with Crippen molar-refractivity contribution in [2.24, 2.45) is 0 Å². The molecule has 1 aromatic rings. The molecule has 1 aromatic carbocycles. The Morgan fingerprint density at radius 2 is 2.22 bits per heavy atom. The number of rotatable bonds is 3. The first-order chi connectivity index (χ1) is 8.61. The van der Waals surface area contributed by atoms with Crippen LogP contribution in [0.5, 0.6) is 0 Å². The van der Waals surface area contributed by atoms with Gasteiger partial charge in [-0.15, -0.1) is 0 Å². The van der Waals surface area contributed by atoms with Crippen molar-refractivity contribution < 1.29 is 9.53 Å². The molecule has 6 heteroatoms. The second-order valence-corrected chi connectivity index (χ2v) is 4.98. The van der Waals surface area contributed by atoms with Gasteiger partial charge >= 0.3 is 0 Å². The smallest absolute Gasteiger partial charge is 0.253 e. The number of methoxy groups -OCH3 is 1. The fourth-order valence-electron chi connectivity index (χ4n) is 1.96. The minimum atomic E-state index is -0.238. The normalized spacial score (nSPS) is 23.1. The van der Waals surface area contributed by atoms with E-state index in [9.17, 15) is 4.79 Å². The standard InChI is InChI=1S/C12H14Cl2N2O2/c1-18-11-6-15-5-10(11)16-12(17)8-4-7(13)2-3-9(8)14/h2-4,10-11,15H,5-6H2,1H3,(H,16,17)/t10?,11-/m1/s1. The minimum Gasteiger partial charge on any atom is -0.378 e. The maximum atomic E-state index is 12.1. The Kier molecular flexibility index (Phi) is 4.45. The first kappa shape index (κ1) is 13.6. The SMILES string of the molecule is CO[C@@H]1CNCC1NC(=O)c1cc(Cl)ccc1Cl. The summed E-state index contributed by atoms with van der Waals surface area (Å²) in [7, 11) is 1.63. The Hall–Kier alpha value is -0.810. The highest BCUT2D eigenvalue weighted by atomic mass is 35.5. The van der Waals surface area contributed by atoms with Crippen LogP contribution >= 0.6 is 23.2 Å². The van der Waals surface area contributed by atoms with Crippen LogP contribution in [-0.2, 0) is 4.74 Å². The van der Waals surface area contributed by atoms with Gasteiger partial charge in [-0.3, -0.25) is 4.79 Å². The number of nitrogens with one attached hydrogen (secondary N) is 2. The van der Waals surface area contributed by atoms with Crippen LogP contribution < -0.4 is 10.6 Å². The second kappa shape index (κ2) is 5.89. The summed E-state index contributed by atoms with van der Waals surface area (Å²) in [5.74, 6) is -0.238. The van der Waals surface area contributed by atoms with Crippen LogP contribution in [0.15, 0.2) is 18.2 Å². The quantitative estimate of drug-likeness (QED) is 0.890. The van der Waals surface area contributed by atoms with Crippen molar-refractivity contribution in [3.8, 4) is 0 Å². The number of carbonyl (C=O) groups excluding carboxylic acids is 1. The highest BCUT2D eigenvalue weighted by Crippen LogP contribution is 2.20. The largest absolute Gasteiger partial charge is 0.378 e. The Bertz CT molecular complexity index is 454. The van der Waals surface area contributed by atoms with Gasteiger partial charge in [0.2, 0.25) is 0 Å². The zero-order valence-corrected chi connectivity index (χ0v) is 11.4. The lowest BCUT2D eigenvalue weighted by molar-refractivity contribution is 0.0780. The van der Waals surface area contributed by atoms with Crippen LogP contribution in [0.1, 0.15) is 10.4 Å². The lowest BCUT2D eigenvalue weighted by Gasteiger charge is -2.18. The Morgan fingerprint density at radius 3 is 2.94 bits per heavy atom. The molecule has 1 aliphatic rings. The van der Waals surface area contributed by atoms with Crippen molar-refractivity contribution in [1.82, 2.24) is 10.6 Å². The van der Waals surface area contributed by atoms with E-state index in [-0.39, 0.29) is 18.1 Å². The molecule has 1 fully saturated rings. The summed E-state index contributed by atoms with van der Waals surface area (Å²) in [6.45, 7) is 1.41. The summed E-state index contributed by atoms with van der Waals surface area (Å²) in [4.78, 5) is 12.1. The highest BCUT2D eigenvalue weighted by molar-refractivity contribution is 6.35. The van der Waals surface area contributed by atoms with E-state index in [1.54, 1.807) is 25.3 Å². The van der Waals surface area contributed by atoms with E-state index < -0.39 is 0 Å². The van der Waals surface area contributed by atoms with Gasteiger partial charge in [-0.1, -0.05) is 23.2 Å². The Balaban J connectivity index is 2.09. The van der Waals surface area contributed by atoms with E-state index in [1.165, 1.54) is 0 Å². The molecule has 2 atom stereocenters. The third-order valence-corrected chi connectivity index (χ3v) is 3.52. The van der Waals surface area contributed by atoms with E-state index in [1.807, 2.05) is 0 Å². The molecule has 0 spiro atoms. The zero-order valence-electron chi connectivity index (χ0n) is 9.87. The molecule has 1 aliphatic heterocycles. The van der Waals surface area contributed by atoms with Crippen molar-refractivity contribution in [3.63, 3.8) is 0 Å². The van der Waals surface area contributed by atoms with Crippen LogP contribution in [0.4, 0.5) is 0 Å². The molecule has 98 valence electrons. The van der Waals surface area contributed by atoms with E-state index in [0.717, 1.165) is 6.54 Å². The lowest BCUT2D eigenvalue weighted by atomic mass is 10.1. The molecule has 0 aromatic heterocycles. The average Bonchev–Trinajstić information content (AvgIpc) is 2.79. The maximum absolute atomic E-state index is 12.1. The molecular weight excluding hydrogens is 275 g/mol. The van der Waals surface area contributed by atoms with Crippen molar-refractivity contribution in [2.75, 3.05) is 20.2 Å². The van der Waals surface area contributed by atoms with Gasteiger partial charge in [-0.2, -0.15) is 0 Å². The van der Waals surface area contributed by atoms with Crippen molar-refractivity contribution >= 4 is 29.1 Å². The number of ether oxygens (including phenoxy) is 1. The number of halogens is 2. The molecule has 0 bridgehead atoms. The van der Waals surface area contributed by atoms with Gasteiger partial charge in [-0.05, 0) is 18.2 Å². The number of amides is 1. The van der Waals surface area contributed by atoms with Crippen molar-refractivity contribution in [1.29, 1.82) is 0 Å². The summed E-state index contributed by atoms with van der Waals surface area (Å²) >= 11 is 11.8. The van der Waals surface area contributed by atoms with Gasteiger partial charge in [0, 0.05) is 25.2 Å². The first-order valence-electron chi connectivity index (χ1n) is 5.61. The molecule has 18 heavy (non-hydrogen) atoms. The molecule has 0 aliphatic carbocycles. The molecular formula is C12H14Cl2N2O2. The predicted molar refractivity (Wildman–Crippen MR) is 71.4 cm³/mol. The van der Waals surface area contributed by atoms with Gasteiger partial charge in [0.05, 0.1) is 22.7 Å². The Morgan fingerprint density at radius 1 is 1.44 bits per heavy atom. The predicted octanol–water partition coefficient (Wildman–Crippen LogP) is 1.71. The van der Waals surface area contributed by atoms with Gasteiger partial charge in [0.25, 0.3) is 5.91 Å². The van der Waals surface area contributed by atoms with E-state index in [2.05, 4.69) is 10.6 Å². The van der Waals surface area contributed by atoms with E-state index >= 15 is 0 Å². The zero-order chi connectivity index (χ0) is 13.1. The number of benzene rings is 1. The van der Waals surface area contributed by atoms with E-state index in [4.69, 9.17) is 27.9 Å². The fourth-order valence-corrected chi connectivity index (χ4v) is 2.34. The van der Waals surface area contributed by atoms with Gasteiger partial charge < -0.3 is 15.4 Å². The molecule has 1 saturated heterocycles. The van der Waals surface area contributed by atoms with Crippen LogP contribution in [0.25, 0.3) is 0 Å². The molecule has 1 heterocycles. The summed E-state index contributed by atoms with van der Waals surface area (Å²) in [6, 6.07) is 4.76. The van der Waals surface area contributed by atoms with Gasteiger partial charge in [0.15, 0.2) is 0 Å². The number of hydrogen-bond donors (Lipinski definition) is 2. The second-order valence-electron chi connectivity index (χ2n) is 4.14. The first-order valence-corrected chi connectivity index (χ1v) is 6.37. The lowest BCUT2D eigenvalue weighted by Crippen LogP contribution is -2.43. The van der Waals surface area contributed by atoms with Crippen LogP contribution in [-0.4, -0.2) is 38.3 Å². The highest BCUT2D eigenvalue weighted by Gasteiger charge is 2.28. The molecule has 1 unspecified atom stereocenters. The minimum absolute atomic E-state index is 0.0214.